The van der Waals surface area contributed by atoms with Gasteiger partial charge in [0.15, 0.2) is 0 Å². The lowest BCUT2D eigenvalue weighted by Gasteiger charge is -2.37. The van der Waals surface area contributed by atoms with E-state index < -0.39 is 10.0 Å². The van der Waals surface area contributed by atoms with Gasteiger partial charge in [0.05, 0.1) is 5.75 Å². The summed E-state index contributed by atoms with van der Waals surface area (Å²) in [4.78, 5) is 0. The standard InChI is InChI=1S/C13H28N2O2S/c1-4-14-10-5-6-11-18(16,17)15-12(2)8-7-9-13(15)3/h12-14H,4-11H2,1-3H3/t12-,13+. The van der Waals surface area contributed by atoms with Crippen LogP contribution >= 0.6 is 0 Å². The molecule has 108 valence electrons. The molecule has 0 amide bonds. The lowest BCUT2D eigenvalue weighted by molar-refractivity contribution is 0.204. The van der Waals surface area contributed by atoms with Crippen LogP contribution in [0.25, 0.3) is 0 Å². The Labute approximate surface area is 112 Å². The van der Waals surface area contributed by atoms with Crippen molar-refractivity contribution in [3.05, 3.63) is 0 Å². The number of unbranched alkanes of at least 4 members (excludes halogenated alkanes) is 1. The van der Waals surface area contributed by atoms with E-state index in [1.165, 1.54) is 0 Å². The van der Waals surface area contributed by atoms with Gasteiger partial charge in [0, 0.05) is 12.1 Å². The Kier molecular flexibility index (Phi) is 6.60. The number of sulfonamides is 1. The van der Waals surface area contributed by atoms with Crippen molar-refractivity contribution in [2.45, 2.75) is 65.0 Å². The topological polar surface area (TPSA) is 49.4 Å². The first kappa shape index (κ1) is 15.9. The minimum absolute atomic E-state index is 0.174. The second-order valence-electron chi connectivity index (χ2n) is 5.34. The molecule has 1 fully saturated rings. The van der Waals surface area contributed by atoms with Crippen LogP contribution in [-0.2, 0) is 10.0 Å². The van der Waals surface area contributed by atoms with Crippen molar-refractivity contribution in [3.63, 3.8) is 0 Å². The largest absolute Gasteiger partial charge is 0.317 e. The van der Waals surface area contributed by atoms with Crippen molar-refractivity contribution in [1.82, 2.24) is 9.62 Å². The van der Waals surface area contributed by atoms with Crippen LogP contribution in [0.1, 0.15) is 52.9 Å². The summed E-state index contributed by atoms with van der Waals surface area (Å²) in [6.07, 6.45) is 4.84. The summed E-state index contributed by atoms with van der Waals surface area (Å²) in [7, 11) is -3.06. The van der Waals surface area contributed by atoms with Crippen LogP contribution in [0.5, 0.6) is 0 Å². The van der Waals surface area contributed by atoms with Crippen LogP contribution in [0.3, 0.4) is 0 Å². The zero-order chi connectivity index (χ0) is 13.6. The lowest BCUT2D eigenvalue weighted by Crippen LogP contribution is -2.48. The Morgan fingerprint density at radius 2 is 1.78 bits per heavy atom. The molecular weight excluding hydrogens is 248 g/mol. The summed E-state index contributed by atoms with van der Waals surface area (Å²) in [5, 5.41) is 3.22. The van der Waals surface area contributed by atoms with Crippen LogP contribution in [0.15, 0.2) is 0 Å². The molecule has 1 aliphatic rings. The highest BCUT2D eigenvalue weighted by molar-refractivity contribution is 7.89. The van der Waals surface area contributed by atoms with E-state index in [0.717, 1.165) is 45.2 Å². The molecule has 5 heteroatoms. The molecule has 1 N–H and O–H groups in total. The predicted octanol–water partition coefficient (Wildman–Crippen LogP) is 1.97. The van der Waals surface area contributed by atoms with Gasteiger partial charge in [0.25, 0.3) is 0 Å². The third kappa shape index (κ3) is 4.52. The molecule has 0 unspecified atom stereocenters. The maximum absolute atomic E-state index is 12.3. The zero-order valence-electron chi connectivity index (χ0n) is 12.0. The summed E-state index contributed by atoms with van der Waals surface area (Å²) in [6.45, 7) is 8.00. The molecule has 0 aromatic rings. The summed E-state index contributed by atoms with van der Waals surface area (Å²) < 4.78 is 26.4. The van der Waals surface area contributed by atoms with Crippen LogP contribution in [0.2, 0.25) is 0 Å². The maximum atomic E-state index is 12.3. The van der Waals surface area contributed by atoms with Gasteiger partial charge in [-0.15, -0.1) is 0 Å². The molecule has 0 saturated carbocycles. The van der Waals surface area contributed by atoms with Crippen molar-refractivity contribution < 1.29 is 8.42 Å². The first-order chi connectivity index (χ1) is 8.49. The van der Waals surface area contributed by atoms with Gasteiger partial charge in [0.2, 0.25) is 10.0 Å². The summed E-state index contributed by atoms with van der Waals surface area (Å²) in [6, 6.07) is 0.347. The van der Waals surface area contributed by atoms with Gasteiger partial charge < -0.3 is 5.32 Å². The lowest BCUT2D eigenvalue weighted by atomic mass is 10.0. The fourth-order valence-corrected chi connectivity index (χ4v) is 4.85. The quantitative estimate of drug-likeness (QED) is 0.723. The van der Waals surface area contributed by atoms with E-state index in [1.54, 1.807) is 4.31 Å². The molecule has 4 nitrogen and oxygen atoms in total. The first-order valence-electron chi connectivity index (χ1n) is 7.21. The molecule has 1 saturated heterocycles. The minimum atomic E-state index is -3.06. The highest BCUT2D eigenvalue weighted by atomic mass is 32.2. The molecule has 0 spiro atoms. The van der Waals surface area contributed by atoms with Gasteiger partial charge >= 0.3 is 0 Å². The summed E-state index contributed by atoms with van der Waals surface area (Å²) in [5.74, 6) is 0.299. The molecule has 0 radical (unpaired) electrons. The van der Waals surface area contributed by atoms with Gasteiger partial charge in [0.1, 0.15) is 0 Å². The molecule has 0 aromatic carbocycles. The number of hydrogen-bond acceptors (Lipinski definition) is 3. The highest BCUT2D eigenvalue weighted by Crippen LogP contribution is 2.26. The summed E-state index contributed by atoms with van der Waals surface area (Å²) in [5.41, 5.74) is 0. The van der Waals surface area contributed by atoms with Gasteiger partial charge in [-0.25, -0.2) is 8.42 Å². The van der Waals surface area contributed by atoms with Crippen LogP contribution in [-0.4, -0.2) is 43.6 Å². The highest BCUT2D eigenvalue weighted by Gasteiger charge is 2.33. The van der Waals surface area contributed by atoms with Crippen molar-refractivity contribution >= 4 is 10.0 Å². The monoisotopic (exact) mass is 276 g/mol. The minimum Gasteiger partial charge on any atom is -0.317 e. The fourth-order valence-electron chi connectivity index (χ4n) is 2.76. The van der Waals surface area contributed by atoms with Crippen molar-refractivity contribution in [3.8, 4) is 0 Å². The molecule has 1 heterocycles. The van der Waals surface area contributed by atoms with E-state index in [9.17, 15) is 8.42 Å². The number of nitrogens with one attached hydrogen (secondary N) is 1. The Bertz CT molecular complexity index is 320. The number of hydrogen-bond donors (Lipinski definition) is 1. The number of piperidine rings is 1. The van der Waals surface area contributed by atoms with E-state index in [1.807, 2.05) is 13.8 Å². The van der Waals surface area contributed by atoms with Gasteiger partial charge in [-0.2, -0.15) is 4.31 Å². The molecule has 0 aliphatic carbocycles. The third-order valence-electron chi connectivity index (χ3n) is 3.69. The second-order valence-corrected chi connectivity index (χ2v) is 7.33. The van der Waals surface area contributed by atoms with Crippen molar-refractivity contribution in [2.24, 2.45) is 0 Å². The SMILES string of the molecule is CCNCCCCS(=O)(=O)N1[C@H](C)CCC[C@@H]1C. The Morgan fingerprint density at radius 1 is 1.17 bits per heavy atom. The maximum Gasteiger partial charge on any atom is 0.214 e. The average Bonchev–Trinajstić information content (AvgIpc) is 2.28. The average molecular weight is 276 g/mol. The predicted molar refractivity (Wildman–Crippen MR) is 76.2 cm³/mol. The molecule has 18 heavy (non-hydrogen) atoms. The normalized spacial score (nSPS) is 26.4. The fraction of sp³-hybridized carbons (Fsp3) is 1.00. The summed E-state index contributed by atoms with van der Waals surface area (Å²) >= 11 is 0. The Hall–Kier alpha value is -0.130. The van der Waals surface area contributed by atoms with Crippen LogP contribution < -0.4 is 5.32 Å². The first-order valence-corrected chi connectivity index (χ1v) is 8.82. The van der Waals surface area contributed by atoms with E-state index >= 15 is 0 Å². The van der Waals surface area contributed by atoms with Gasteiger partial charge in [-0.05, 0) is 52.6 Å². The molecule has 2 atom stereocenters. The molecule has 1 aliphatic heterocycles. The van der Waals surface area contributed by atoms with E-state index in [-0.39, 0.29) is 12.1 Å². The Morgan fingerprint density at radius 3 is 2.33 bits per heavy atom. The van der Waals surface area contributed by atoms with Gasteiger partial charge in [-0.3, -0.25) is 0 Å². The van der Waals surface area contributed by atoms with Crippen LogP contribution in [0, 0.1) is 0 Å². The third-order valence-corrected chi connectivity index (χ3v) is 5.86. The molecule has 1 rings (SSSR count). The van der Waals surface area contributed by atoms with E-state index in [0.29, 0.717) is 5.75 Å². The second kappa shape index (κ2) is 7.46. The number of nitrogens with zero attached hydrogens (tertiary/aromatic N) is 1. The molecular formula is C13H28N2O2S. The van der Waals surface area contributed by atoms with Crippen molar-refractivity contribution in [2.75, 3.05) is 18.8 Å². The van der Waals surface area contributed by atoms with Crippen LogP contribution in [0.4, 0.5) is 0 Å². The number of rotatable bonds is 7. The van der Waals surface area contributed by atoms with E-state index in [2.05, 4.69) is 12.2 Å². The smallest absolute Gasteiger partial charge is 0.214 e. The molecule has 0 aromatic heterocycles. The zero-order valence-corrected chi connectivity index (χ0v) is 12.8. The van der Waals surface area contributed by atoms with Crippen molar-refractivity contribution in [1.29, 1.82) is 0 Å². The van der Waals surface area contributed by atoms with Gasteiger partial charge in [-0.1, -0.05) is 13.3 Å². The Balaban J connectivity index is 2.46. The van der Waals surface area contributed by atoms with E-state index in [4.69, 9.17) is 0 Å². The molecule has 0 bridgehead atoms.